The molecule has 0 heterocycles. The van der Waals surface area contributed by atoms with Gasteiger partial charge in [0.1, 0.15) is 6.26 Å². The maximum Gasteiger partial charge on any atom is 0.222 e. The van der Waals surface area contributed by atoms with Crippen molar-refractivity contribution >= 4 is 31.3 Å². The molecule has 8 heteroatoms. The topological polar surface area (TPSA) is 77.5 Å². The van der Waals surface area contributed by atoms with Crippen molar-refractivity contribution in [2.24, 2.45) is 0 Å². The molecular weight excluding hydrogens is 372 g/mol. The lowest BCUT2D eigenvalue weighted by Crippen LogP contribution is -2.16. The summed E-state index contributed by atoms with van der Waals surface area (Å²) in [6.45, 7) is 1.73. The Morgan fingerprint density at radius 3 is 2.12 bits per heavy atom. The summed E-state index contributed by atoms with van der Waals surface area (Å²) in [6, 6.07) is 12.9. The molecule has 0 N–H and O–H groups in total. The molecule has 0 atom stereocenters. The molecule has 0 fully saturated rings. The minimum Gasteiger partial charge on any atom is -0.499 e. The number of rotatable bonds is 6. The number of ether oxygens (including phenoxy) is 1. The van der Waals surface area contributed by atoms with Gasteiger partial charge in [-0.2, -0.15) is 0 Å². The lowest BCUT2D eigenvalue weighted by atomic mass is 10.4. The van der Waals surface area contributed by atoms with Crippen LogP contribution in [0.25, 0.3) is 0 Å². The van der Waals surface area contributed by atoms with E-state index in [0.29, 0.717) is 0 Å². The van der Waals surface area contributed by atoms with Crippen molar-refractivity contribution in [1.29, 1.82) is 0 Å². The average molecular weight is 387 g/mol. The third kappa shape index (κ3) is 3.63. The van der Waals surface area contributed by atoms with Crippen molar-refractivity contribution in [2.75, 3.05) is 6.61 Å². The number of benzene rings is 2. The number of sulfone groups is 2. The van der Waals surface area contributed by atoms with E-state index >= 15 is 0 Å². The summed E-state index contributed by atoms with van der Waals surface area (Å²) in [5.74, 6) is 0. The molecule has 0 bridgehead atoms. The summed E-state index contributed by atoms with van der Waals surface area (Å²) >= 11 is 5.94. The van der Waals surface area contributed by atoms with Gasteiger partial charge in [-0.15, -0.1) is 0 Å². The molecule has 5 nitrogen and oxygen atoms in total. The Morgan fingerprint density at radius 1 is 0.958 bits per heavy atom. The van der Waals surface area contributed by atoms with Crippen molar-refractivity contribution in [3.63, 3.8) is 0 Å². The lowest BCUT2D eigenvalue weighted by Gasteiger charge is -2.11. The summed E-state index contributed by atoms with van der Waals surface area (Å²) in [5.41, 5.74) is 0. The minimum atomic E-state index is -4.39. The Balaban J connectivity index is 2.69. The van der Waals surface area contributed by atoms with E-state index in [9.17, 15) is 16.8 Å². The zero-order chi connectivity index (χ0) is 17.8. The zero-order valence-electron chi connectivity index (χ0n) is 12.7. The highest BCUT2D eigenvalue weighted by atomic mass is 35.5. The predicted molar refractivity (Wildman–Crippen MR) is 92.0 cm³/mol. The largest absolute Gasteiger partial charge is 0.499 e. The smallest absolute Gasteiger partial charge is 0.222 e. The average Bonchev–Trinajstić information content (AvgIpc) is 2.56. The van der Waals surface area contributed by atoms with Crippen LogP contribution in [-0.4, -0.2) is 23.4 Å². The van der Waals surface area contributed by atoms with Crippen molar-refractivity contribution in [3.8, 4) is 0 Å². The lowest BCUT2D eigenvalue weighted by molar-refractivity contribution is 0.269. The fourth-order valence-electron chi connectivity index (χ4n) is 1.91. The maximum absolute atomic E-state index is 12.9. The third-order valence-electron chi connectivity index (χ3n) is 3.06. The summed E-state index contributed by atoms with van der Waals surface area (Å²) in [4.78, 5) is -0.441. The monoisotopic (exact) mass is 386 g/mol. The molecule has 128 valence electrons. The first kappa shape index (κ1) is 18.5. The van der Waals surface area contributed by atoms with E-state index in [1.165, 1.54) is 42.5 Å². The van der Waals surface area contributed by atoms with Crippen molar-refractivity contribution in [2.45, 2.75) is 16.7 Å². The van der Waals surface area contributed by atoms with Crippen LogP contribution in [0.5, 0.6) is 0 Å². The Kier molecular flexibility index (Phi) is 5.69. The van der Waals surface area contributed by atoms with E-state index in [0.717, 1.165) is 6.26 Å². The van der Waals surface area contributed by atoms with Crippen LogP contribution in [0.4, 0.5) is 0 Å². The van der Waals surface area contributed by atoms with Gasteiger partial charge in [0.15, 0.2) is 0 Å². The molecular formula is C16H15ClO5S2. The molecule has 0 aliphatic carbocycles. The minimum absolute atomic E-state index is 0.0665. The van der Waals surface area contributed by atoms with Crippen LogP contribution in [0.15, 0.2) is 74.9 Å². The molecule has 0 aromatic heterocycles. The highest BCUT2D eigenvalue weighted by Gasteiger charge is 2.35. The van der Waals surface area contributed by atoms with E-state index in [-0.39, 0.29) is 21.4 Å². The summed E-state index contributed by atoms with van der Waals surface area (Å²) < 4.78 is 55.5. The number of halogens is 1. The van der Waals surface area contributed by atoms with Gasteiger partial charge in [-0.3, -0.25) is 0 Å². The Morgan fingerprint density at radius 2 is 1.54 bits per heavy atom. The highest BCUT2D eigenvalue weighted by Crippen LogP contribution is 2.32. The van der Waals surface area contributed by atoms with Crippen LogP contribution in [0.3, 0.4) is 0 Å². The van der Waals surface area contributed by atoms with Gasteiger partial charge in [0, 0.05) is 0 Å². The Hall–Kier alpha value is -1.83. The van der Waals surface area contributed by atoms with E-state index in [1.54, 1.807) is 19.1 Å². The normalized spacial score (nSPS) is 12.8. The van der Waals surface area contributed by atoms with Gasteiger partial charge < -0.3 is 4.74 Å². The van der Waals surface area contributed by atoms with Gasteiger partial charge in [-0.25, -0.2) is 16.8 Å². The second kappa shape index (κ2) is 7.38. The standard InChI is InChI=1S/C16H15ClO5S2/c1-2-22-12-16(23(18,19)13-8-4-3-5-9-13)24(20,21)15-11-7-6-10-14(15)17/h3-12H,2H2,1H3. The first-order valence-electron chi connectivity index (χ1n) is 6.93. The number of hydrogen-bond donors (Lipinski definition) is 0. The molecule has 0 unspecified atom stereocenters. The molecule has 0 spiro atoms. The quantitative estimate of drug-likeness (QED) is 0.711. The predicted octanol–water partition coefficient (Wildman–Crippen LogP) is 3.42. The second-order valence-electron chi connectivity index (χ2n) is 4.64. The van der Waals surface area contributed by atoms with Gasteiger partial charge in [0.05, 0.1) is 21.4 Å². The van der Waals surface area contributed by atoms with Gasteiger partial charge >= 0.3 is 0 Å². The van der Waals surface area contributed by atoms with Gasteiger partial charge in [0.25, 0.3) is 0 Å². The first-order chi connectivity index (χ1) is 11.3. The molecule has 2 aromatic rings. The fourth-order valence-corrected chi connectivity index (χ4v) is 6.00. The SMILES string of the molecule is CCOC=C(S(=O)(=O)c1ccccc1)S(=O)(=O)c1ccccc1Cl. The van der Waals surface area contributed by atoms with Crippen LogP contribution in [0.1, 0.15) is 6.92 Å². The molecule has 0 radical (unpaired) electrons. The molecule has 0 amide bonds. The van der Waals surface area contributed by atoms with Crippen LogP contribution in [0, 0.1) is 0 Å². The summed E-state index contributed by atoms with van der Waals surface area (Å²) in [5, 5.41) is -0.0665. The van der Waals surface area contributed by atoms with Crippen molar-refractivity contribution in [1.82, 2.24) is 0 Å². The van der Waals surface area contributed by atoms with Crippen molar-refractivity contribution in [3.05, 3.63) is 70.1 Å². The molecule has 0 aliphatic heterocycles. The van der Waals surface area contributed by atoms with E-state index < -0.39 is 23.9 Å². The molecule has 2 aromatic carbocycles. The van der Waals surface area contributed by atoms with Crippen molar-refractivity contribution < 1.29 is 21.6 Å². The summed E-state index contributed by atoms with van der Waals surface area (Å²) in [6.07, 6.45) is 0.751. The fraction of sp³-hybridized carbons (Fsp3) is 0.125. The highest BCUT2D eigenvalue weighted by molar-refractivity contribution is 8.14. The van der Waals surface area contributed by atoms with E-state index in [1.807, 2.05) is 0 Å². The molecule has 0 saturated heterocycles. The van der Waals surface area contributed by atoms with Crippen LogP contribution >= 0.6 is 11.6 Å². The van der Waals surface area contributed by atoms with Crippen LogP contribution in [-0.2, 0) is 24.4 Å². The maximum atomic E-state index is 12.9. The van der Waals surface area contributed by atoms with Gasteiger partial charge in [-0.1, -0.05) is 41.9 Å². The van der Waals surface area contributed by atoms with E-state index in [2.05, 4.69) is 0 Å². The zero-order valence-corrected chi connectivity index (χ0v) is 15.1. The van der Waals surface area contributed by atoms with Gasteiger partial charge in [0.2, 0.25) is 23.9 Å². The van der Waals surface area contributed by atoms with Gasteiger partial charge in [-0.05, 0) is 31.2 Å². The first-order valence-corrected chi connectivity index (χ1v) is 10.3. The Bertz CT molecular complexity index is 949. The van der Waals surface area contributed by atoms with Crippen LogP contribution in [0.2, 0.25) is 5.02 Å². The molecule has 24 heavy (non-hydrogen) atoms. The third-order valence-corrected chi connectivity index (χ3v) is 7.89. The molecule has 0 saturated carbocycles. The number of hydrogen-bond acceptors (Lipinski definition) is 5. The molecule has 2 rings (SSSR count). The Labute approximate surface area is 146 Å². The second-order valence-corrected chi connectivity index (χ2v) is 9.11. The summed E-state index contributed by atoms with van der Waals surface area (Å²) in [7, 11) is -8.70. The van der Waals surface area contributed by atoms with Crippen LogP contribution < -0.4 is 0 Å². The molecule has 0 aliphatic rings. The van der Waals surface area contributed by atoms with E-state index in [4.69, 9.17) is 16.3 Å².